The van der Waals surface area contributed by atoms with Gasteiger partial charge in [0.25, 0.3) is 0 Å². The van der Waals surface area contributed by atoms with E-state index in [0.717, 1.165) is 4.47 Å². The van der Waals surface area contributed by atoms with E-state index in [0.29, 0.717) is 6.04 Å². The van der Waals surface area contributed by atoms with Gasteiger partial charge in [-0.25, -0.2) is 0 Å². The van der Waals surface area contributed by atoms with Crippen LogP contribution in [0.1, 0.15) is 29.0 Å². The average molecular weight is 389 g/mol. The van der Waals surface area contributed by atoms with Crippen molar-refractivity contribution in [2.45, 2.75) is 26.8 Å². The number of halogens is 2. The van der Waals surface area contributed by atoms with Crippen molar-refractivity contribution in [2.75, 3.05) is 5.32 Å². The van der Waals surface area contributed by atoms with E-state index in [1.54, 1.807) is 11.3 Å². The molecular weight excluding hydrogens is 374 g/mol. The Morgan fingerprint density at radius 1 is 1.17 bits per heavy atom. The first kappa shape index (κ1) is 14.1. The van der Waals surface area contributed by atoms with Gasteiger partial charge in [-0.2, -0.15) is 0 Å². The first-order chi connectivity index (χ1) is 8.47. The summed E-state index contributed by atoms with van der Waals surface area (Å²) in [6.07, 6.45) is 0. The molecular formula is C14H15Br2NS. The van der Waals surface area contributed by atoms with E-state index in [4.69, 9.17) is 0 Å². The van der Waals surface area contributed by atoms with Crippen molar-refractivity contribution in [1.29, 1.82) is 0 Å². The Bertz CT molecular complexity index is 540. The molecule has 0 aliphatic rings. The summed E-state index contributed by atoms with van der Waals surface area (Å²) in [4.78, 5) is 1.33. The standard InChI is InChI=1S/C14H15Br2NS/c1-8-6-9(2)14(11(15)7-8)17-10(3)12-4-5-13(16)18-12/h4-7,10,17H,1-3H3. The molecule has 1 nitrogen and oxygen atoms in total. The van der Waals surface area contributed by atoms with E-state index in [1.165, 1.54) is 25.5 Å². The Balaban J connectivity index is 2.24. The highest BCUT2D eigenvalue weighted by molar-refractivity contribution is 9.11. The van der Waals surface area contributed by atoms with Crippen molar-refractivity contribution in [3.05, 3.63) is 48.5 Å². The minimum atomic E-state index is 0.305. The Morgan fingerprint density at radius 3 is 2.44 bits per heavy atom. The van der Waals surface area contributed by atoms with Crippen LogP contribution in [0.2, 0.25) is 0 Å². The molecule has 0 aliphatic heterocycles. The summed E-state index contributed by atoms with van der Waals surface area (Å²) in [6.45, 7) is 6.43. The second-order valence-corrected chi connectivity index (χ2v) is 7.80. The maximum Gasteiger partial charge on any atom is 0.0702 e. The number of benzene rings is 1. The summed E-state index contributed by atoms with van der Waals surface area (Å²) in [5.41, 5.74) is 3.72. The van der Waals surface area contributed by atoms with Crippen LogP contribution in [0.25, 0.3) is 0 Å². The zero-order valence-electron chi connectivity index (χ0n) is 10.6. The van der Waals surface area contributed by atoms with Gasteiger partial charge in [-0.15, -0.1) is 11.3 Å². The second kappa shape index (κ2) is 5.76. The minimum Gasteiger partial charge on any atom is -0.377 e. The van der Waals surface area contributed by atoms with Crippen LogP contribution in [0, 0.1) is 13.8 Å². The summed E-state index contributed by atoms with van der Waals surface area (Å²) in [5.74, 6) is 0. The van der Waals surface area contributed by atoms with E-state index in [-0.39, 0.29) is 0 Å². The summed E-state index contributed by atoms with van der Waals surface area (Å²) in [7, 11) is 0. The second-order valence-electron chi connectivity index (χ2n) is 4.45. The Labute approximate surface area is 129 Å². The highest BCUT2D eigenvalue weighted by Crippen LogP contribution is 2.33. The predicted molar refractivity (Wildman–Crippen MR) is 87.7 cm³/mol. The third-order valence-corrected chi connectivity index (χ3v) is 5.25. The normalized spacial score (nSPS) is 12.5. The first-order valence-electron chi connectivity index (χ1n) is 5.76. The van der Waals surface area contributed by atoms with Crippen LogP contribution >= 0.6 is 43.2 Å². The van der Waals surface area contributed by atoms with Gasteiger partial charge in [0, 0.05) is 9.35 Å². The molecule has 2 aromatic rings. The van der Waals surface area contributed by atoms with Crippen LogP contribution in [0.3, 0.4) is 0 Å². The van der Waals surface area contributed by atoms with Crippen LogP contribution in [0.5, 0.6) is 0 Å². The summed E-state index contributed by atoms with van der Waals surface area (Å²) < 4.78 is 2.30. The van der Waals surface area contributed by atoms with E-state index < -0.39 is 0 Å². The van der Waals surface area contributed by atoms with Gasteiger partial charge < -0.3 is 5.32 Å². The SMILES string of the molecule is Cc1cc(C)c(NC(C)c2ccc(Br)s2)c(Br)c1. The summed E-state index contributed by atoms with van der Waals surface area (Å²) >= 11 is 8.91. The first-order valence-corrected chi connectivity index (χ1v) is 8.16. The maximum absolute atomic E-state index is 3.64. The van der Waals surface area contributed by atoms with Gasteiger partial charge in [0.05, 0.1) is 15.5 Å². The Kier molecular flexibility index (Phi) is 4.51. The van der Waals surface area contributed by atoms with Crippen LogP contribution in [0.4, 0.5) is 5.69 Å². The summed E-state index contributed by atoms with van der Waals surface area (Å²) in [6, 6.07) is 8.90. The number of thiophene rings is 1. The zero-order chi connectivity index (χ0) is 13.3. The van der Waals surface area contributed by atoms with Crippen molar-refractivity contribution in [2.24, 2.45) is 0 Å². The molecule has 1 aromatic heterocycles. The lowest BCUT2D eigenvalue weighted by molar-refractivity contribution is 0.904. The molecule has 0 spiro atoms. The average Bonchev–Trinajstić information content (AvgIpc) is 2.70. The lowest BCUT2D eigenvalue weighted by atomic mass is 10.1. The Hall–Kier alpha value is -0.320. The molecule has 1 N–H and O–H groups in total. The number of anilines is 1. The number of hydrogen-bond acceptors (Lipinski definition) is 2. The number of aryl methyl sites for hydroxylation is 2. The Morgan fingerprint density at radius 2 is 1.89 bits per heavy atom. The van der Waals surface area contributed by atoms with Crippen molar-refractivity contribution >= 4 is 48.9 Å². The lowest BCUT2D eigenvalue weighted by Gasteiger charge is -2.18. The van der Waals surface area contributed by atoms with E-state index in [1.807, 2.05) is 0 Å². The fourth-order valence-electron chi connectivity index (χ4n) is 1.95. The van der Waals surface area contributed by atoms with Gasteiger partial charge in [-0.1, -0.05) is 6.07 Å². The van der Waals surface area contributed by atoms with Gasteiger partial charge in [0.2, 0.25) is 0 Å². The van der Waals surface area contributed by atoms with E-state index in [9.17, 15) is 0 Å². The number of hydrogen-bond donors (Lipinski definition) is 1. The molecule has 0 radical (unpaired) electrons. The van der Waals surface area contributed by atoms with Gasteiger partial charge in [-0.05, 0) is 82.0 Å². The number of rotatable bonds is 3. The monoisotopic (exact) mass is 387 g/mol. The molecule has 96 valence electrons. The minimum absolute atomic E-state index is 0.305. The predicted octanol–water partition coefficient (Wildman–Crippen LogP) is 6.06. The molecule has 1 unspecified atom stereocenters. The molecule has 0 saturated heterocycles. The van der Waals surface area contributed by atoms with Crippen molar-refractivity contribution in [3.8, 4) is 0 Å². The number of nitrogens with one attached hydrogen (secondary N) is 1. The smallest absolute Gasteiger partial charge is 0.0702 e. The van der Waals surface area contributed by atoms with Crippen molar-refractivity contribution in [3.63, 3.8) is 0 Å². The zero-order valence-corrected chi connectivity index (χ0v) is 14.5. The molecule has 0 aliphatic carbocycles. The molecule has 0 bridgehead atoms. The van der Waals surface area contributed by atoms with Gasteiger partial charge in [-0.3, -0.25) is 0 Å². The highest BCUT2D eigenvalue weighted by atomic mass is 79.9. The van der Waals surface area contributed by atoms with Crippen LogP contribution < -0.4 is 5.32 Å². The molecule has 4 heteroatoms. The van der Waals surface area contributed by atoms with Crippen LogP contribution in [-0.4, -0.2) is 0 Å². The van der Waals surface area contributed by atoms with Gasteiger partial charge >= 0.3 is 0 Å². The molecule has 0 saturated carbocycles. The summed E-state index contributed by atoms with van der Waals surface area (Å²) in [5, 5.41) is 3.58. The molecule has 0 fully saturated rings. The lowest BCUT2D eigenvalue weighted by Crippen LogP contribution is -2.07. The third-order valence-electron chi connectivity index (χ3n) is 2.81. The van der Waals surface area contributed by atoms with Gasteiger partial charge in [0.1, 0.15) is 0 Å². The molecule has 1 aromatic carbocycles. The maximum atomic E-state index is 3.64. The third kappa shape index (κ3) is 3.16. The molecule has 2 rings (SSSR count). The largest absolute Gasteiger partial charge is 0.377 e. The van der Waals surface area contributed by atoms with Crippen molar-refractivity contribution < 1.29 is 0 Å². The topological polar surface area (TPSA) is 12.0 Å². The quantitative estimate of drug-likeness (QED) is 0.673. The van der Waals surface area contributed by atoms with E-state index >= 15 is 0 Å². The van der Waals surface area contributed by atoms with E-state index in [2.05, 4.69) is 82.2 Å². The van der Waals surface area contributed by atoms with Crippen LogP contribution in [0.15, 0.2) is 32.5 Å². The molecule has 18 heavy (non-hydrogen) atoms. The van der Waals surface area contributed by atoms with Crippen molar-refractivity contribution in [1.82, 2.24) is 0 Å². The van der Waals surface area contributed by atoms with Crippen LogP contribution in [-0.2, 0) is 0 Å². The fraction of sp³-hybridized carbons (Fsp3) is 0.286. The highest BCUT2D eigenvalue weighted by Gasteiger charge is 2.11. The molecule has 0 amide bonds. The fourth-order valence-corrected chi connectivity index (χ4v) is 4.16. The molecule has 1 heterocycles. The molecule has 1 atom stereocenters. The van der Waals surface area contributed by atoms with Gasteiger partial charge in [0.15, 0.2) is 0 Å².